The summed E-state index contributed by atoms with van der Waals surface area (Å²) in [6.07, 6.45) is 19.8. The average molecular weight is 370 g/mol. The molecule has 0 saturated heterocycles. The molecule has 0 aliphatic carbocycles. The fraction of sp³-hybridized carbons (Fsp3) is 0.957. The van der Waals surface area contributed by atoms with E-state index < -0.39 is 5.97 Å². The Bertz CT molecular complexity index is 330. The van der Waals surface area contributed by atoms with Crippen LogP contribution < -0.4 is 0 Å². The highest BCUT2D eigenvalue weighted by Gasteiger charge is 2.24. The van der Waals surface area contributed by atoms with Gasteiger partial charge in [-0.2, -0.15) is 0 Å². The number of unbranched alkanes of at least 4 members (excludes halogenated alkanes) is 11. The summed E-state index contributed by atoms with van der Waals surface area (Å²) in [6, 6.07) is 0. The van der Waals surface area contributed by atoms with Crippen LogP contribution in [-0.2, 0) is 4.79 Å². The van der Waals surface area contributed by atoms with Gasteiger partial charge in [-0.05, 0) is 38.8 Å². The summed E-state index contributed by atoms with van der Waals surface area (Å²) in [4.78, 5) is 12.9. The molecule has 26 heavy (non-hydrogen) atoms. The lowest BCUT2D eigenvalue weighted by molar-refractivity contribution is -0.137. The Labute approximate surface area is 163 Å². The van der Waals surface area contributed by atoms with Crippen molar-refractivity contribution in [1.29, 1.82) is 0 Å². The molecule has 0 aromatic rings. The summed E-state index contributed by atoms with van der Waals surface area (Å²) in [7, 11) is 4.38. The lowest BCUT2D eigenvalue weighted by atomic mass is 9.79. The summed E-state index contributed by atoms with van der Waals surface area (Å²) < 4.78 is 0. The number of carboxylic acids is 1. The molecular weight excluding hydrogens is 322 g/mol. The smallest absolute Gasteiger partial charge is 0.303 e. The minimum atomic E-state index is -0.658. The third-order valence-corrected chi connectivity index (χ3v) is 5.50. The first-order valence-corrected chi connectivity index (χ1v) is 11.3. The molecule has 0 aliphatic rings. The third-order valence-electron chi connectivity index (χ3n) is 5.50. The topological polar surface area (TPSA) is 40.5 Å². The van der Waals surface area contributed by atoms with E-state index in [9.17, 15) is 4.79 Å². The highest BCUT2D eigenvalue weighted by Crippen LogP contribution is 2.32. The van der Waals surface area contributed by atoms with Crippen molar-refractivity contribution in [3.05, 3.63) is 0 Å². The molecule has 0 amide bonds. The maximum absolute atomic E-state index is 10.5. The van der Waals surface area contributed by atoms with Crippen LogP contribution in [0.5, 0.6) is 0 Å². The Morgan fingerprint density at radius 3 is 1.62 bits per heavy atom. The second kappa shape index (κ2) is 16.6. The minimum Gasteiger partial charge on any atom is -0.481 e. The van der Waals surface area contributed by atoms with E-state index >= 15 is 0 Å². The van der Waals surface area contributed by atoms with Crippen molar-refractivity contribution in [3.63, 3.8) is 0 Å². The number of carbonyl (C=O) groups is 1. The van der Waals surface area contributed by atoms with Crippen molar-refractivity contribution >= 4 is 5.97 Å². The van der Waals surface area contributed by atoms with Crippen molar-refractivity contribution in [2.24, 2.45) is 5.41 Å². The van der Waals surface area contributed by atoms with E-state index in [1.807, 2.05) is 0 Å². The van der Waals surface area contributed by atoms with E-state index in [-0.39, 0.29) is 0 Å². The monoisotopic (exact) mass is 369 g/mol. The molecule has 0 aromatic heterocycles. The molecule has 0 saturated carbocycles. The van der Waals surface area contributed by atoms with Gasteiger partial charge in [-0.15, -0.1) is 0 Å². The number of carboxylic acid groups (broad SMARTS) is 1. The van der Waals surface area contributed by atoms with E-state index in [2.05, 4.69) is 32.8 Å². The molecule has 156 valence electrons. The van der Waals surface area contributed by atoms with Crippen molar-refractivity contribution in [2.45, 2.75) is 117 Å². The van der Waals surface area contributed by atoms with Gasteiger partial charge in [0.2, 0.25) is 0 Å². The quantitative estimate of drug-likeness (QED) is 0.252. The lowest BCUT2D eigenvalue weighted by Gasteiger charge is -2.33. The molecule has 1 unspecified atom stereocenters. The maximum atomic E-state index is 10.5. The van der Waals surface area contributed by atoms with Crippen LogP contribution in [0.25, 0.3) is 0 Å². The van der Waals surface area contributed by atoms with Gasteiger partial charge in [-0.1, -0.05) is 90.9 Å². The van der Waals surface area contributed by atoms with Gasteiger partial charge in [-0.3, -0.25) is 4.79 Å². The second-order valence-corrected chi connectivity index (χ2v) is 8.93. The zero-order chi connectivity index (χ0) is 19.7. The molecule has 0 aliphatic heterocycles. The van der Waals surface area contributed by atoms with Gasteiger partial charge in [0, 0.05) is 13.0 Å². The molecule has 3 heteroatoms. The van der Waals surface area contributed by atoms with Gasteiger partial charge < -0.3 is 10.0 Å². The lowest BCUT2D eigenvalue weighted by Crippen LogP contribution is -2.31. The first-order valence-electron chi connectivity index (χ1n) is 11.3. The molecule has 0 radical (unpaired) electrons. The molecule has 0 aromatic carbocycles. The van der Waals surface area contributed by atoms with Gasteiger partial charge in [0.25, 0.3) is 0 Å². The molecule has 1 atom stereocenters. The SMILES string of the molecule is CCCCCCCCCCC(C)(CCCCCCCC(=O)O)CN(C)C. The highest BCUT2D eigenvalue weighted by molar-refractivity contribution is 5.66. The summed E-state index contributed by atoms with van der Waals surface area (Å²) in [5.41, 5.74) is 0.437. The molecular formula is C23H47NO2. The Hall–Kier alpha value is -0.570. The largest absolute Gasteiger partial charge is 0.481 e. The van der Waals surface area contributed by atoms with Gasteiger partial charge in [-0.25, -0.2) is 0 Å². The first kappa shape index (κ1) is 25.4. The van der Waals surface area contributed by atoms with Crippen molar-refractivity contribution in [2.75, 3.05) is 20.6 Å². The minimum absolute atomic E-state index is 0.330. The van der Waals surface area contributed by atoms with Crippen LogP contribution in [0, 0.1) is 5.41 Å². The van der Waals surface area contributed by atoms with Crippen LogP contribution in [0.15, 0.2) is 0 Å². The zero-order valence-corrected chi connectivity index (χ0v) is 18.3. The fourth-order valence-electron chi connectivity index (χ4n) is 4.09. The summed E-state index contributed by atoms with van der Waals surface area (Å²) in [6.45, 7) is 5.93. The van der Waals surface area contributed by atoms with Gasteiger partial charge >= 0.3 is 5.97 Å². The standard InChI is InChI=1S/C23H47NO2/c1-5-6-7-8-9-10-13-16-19-23(2,21-24(3)4)20-17-14-11-12-15-18-22(25)26/h5-21H2,1-4H3,(H,25,26). The van der Waals surface area contributed by atoms with Crippen LogP contribution in [0.4, 0.5) is 0 Å². The Kier molecular flexibility index (Phi) is 16.2. The predicted molar refractivity (Wildman–Crippen MR) is 114 cm³/mol. The van der Waals surface area contributed by atoms with Crippen molar-refractivity contribution in [1.82, 2.24) is 4.90 Å². The van der Waals surface area contributed by atoms with Gasteiger partial charge in [0.1, 0.15) is 0 Å². The fourth-order valence-corrected chi connectivity index (χ4v) is 4.09. The van der Waals surface area contributed by atoms with Crippen LogP contribution >= 0.6 is 0 Å². The second-order valence-electron chi connectivity index (χ2n) is 8.93. The number of hydrogen-bond donors (Lipinski definition) is 1. The summed E-state index contributed by atoms with van der Waals surface area (Å²) in [5, 5.41) is 8.68. The number of hydrogen-bond acceptors (Lipinski definition) is 2. The van der Waals surface area contributed by atoms with Crippen LogP contribution in [-0.4, -0.2) is 36.6 Å². The van der Waals surface area contributed by atoms with Crippen molar-refractivity contribution in [3.8, 4) is 0 Å². The Morgan fingerprint density at radius 1 is 0.769 bits per heavy atom. The summed E-state index contributed by atoms with van der Waals surface area (Å²) in [5.74, 6) is -0.658. The van der Waals surface area contributed by atoms with Crippen LogP contribution in [0.2, 0.25) is 0 Å². The predicted octanol–water partition coefficient (Wildman–Crippen LogP) is 6.90. The van der Waals surface area contributed by atoms with Gasteiger partial charge in [0.05, 0.1) is 0 Å². The van der Waals surface area contributed by atoms with E-state index in [1.165, 1.54) is 90.0 Å². The third kappa shape index (κ3) is 16.9. The van der Waals surface area contributed by atoms with E-state index in [1.54, 1.807) is 0 Å². The normalized spacial score (nSPS) is 13.9. The molecule has 0 bridgehead atoms. The van der Waals surface area contributed by atoms with Crippen LogP contribution in [0.3, 0.4) is 0 Å². The molecule has 0 fully saturated rings. The maximum Gasteiger partial charge on any atom is 0.303 e. The van der Waals surface area contributed by atoms with Crippen LogP contribution in [0.1, 0.15) is 117 Å². The first-order chi connectivity index (χ1) is 12.4. The van der Waals surface area contributed by atoms with Crippen molar-refractivity contribution < 1.29 is 9.90 Å². The van der Waals surface area contributed by atoms with E-state index in [0.717, 1.165) is 12.8 Å². The number of aliphatic carboxylic acids is 1. The van der Waals surface area contributed by atoms with E-state index in [0.29, 0.717) is 11.8 Å². The van der Waals surface area contributed by atoms with Gasteiger partial charge in [0.15, 0.2) is 0 Å². The molecule has 1 N–H and O–H groups in total. The molecule has 0 spiro atoms. The highest BCUT2D eigenvalue weighted by atomic mass is 16.4. The number of rotatable bonds is 19. The molecule has 0 heterocycles. The van der Waals surface area contributed by atoms with E-state index in [4.69, 9.17) is 5.11 Å². The molecule has 3 nitrogen and oxygen atoms in total. The number of nitrogens with zero attached hydrogens (tertiary/aromatic N) is 1. The summed E-state index contributed by atoms with van der Waals surface area (Å²) >= 11 is 0. The molecule has 0 rings (SSSR count). The Morgan fingerprint density at radius 2 is 1.19 bits per heavy atom. The average Bonchev–Trinajstić information content (AvgIpc) is 2.55. The Balaban J connectivity index is 3.87. The zero-order valence-electron chi connectivity index (χ0n) is 18.3.